The van der Waals surface area contributed by atoms with Gasteiger partial charge in [0.2, 0.25) is 0 Å². The molecule has 1 rings (SSSR count). The molecular formula is C12H14Cl2N2O2. The summed E-state index contributed by atoms with van der Waals surface area (Å²) in [7, 11) is 0. The lowest BCUT2D eigenvalue weighted by Crippen LogP contribution is -2.29. The molecule has 0 saturated carbocycles. The molecular weight excluding hydrogens is 275 g/mol. The maximum atomic E-state index is 11.3. The zero-order chi connectivity index (χ0) is 13.8. The number of carbonyl (C=O) groups excluding carboxylic acids is 1. The Morgan fingerprint density at radius 3 is 2.61 bits per heavy atom. The molecule has 0 spiro atoms. The molecule has 6 heteroatoms. The van der Waals surface area contributed by atoms with Crippen molar-refractivity contribution in [2.24, 2.45) is 5.10 Å². The van der Waals surface area contributed by atoms with Gasteiger partial charge >= 0.3 is 6.09 Å². The lowest BCUT2D eigenvalue weighted by Gasteiger charge is -2.18. The van der Waals surface area contributed by atoms with Crippen molar-refractivity contribution >= 4 is 35.5 Å². The van der Waals surface area contributed by atoms with Gasteiger partial charge in [-0.2, -0.15) is 5.10 Å². The van der Waals surface area contributed by atoms with E-state index in [1.165, 1.54) is 6.21 Å². The number of carbonyl (C=O) groups is 1. The van der Waals surface area contributed by atoms with E-state index in [-0.39, 0.29) is 0 Å². The minimum Gasteiger partial charge on any atom is -0.443 e. The van der Waals surface area contributed by atoms with Gasteiger partial charge < -0.3 is 4.74 Å². The molecule has 1 aromatic carbocycles. The fraction of sp³-hybridized carbons (Fsp3) is 0.333. The van der Waals surface area contributed by atoms with Crippen LogP contribution in [0.2, 0.25) is 10.0 Å². The molecule has 0 aliphatic carbocycles. The third kappa shape index (κ3) is 5.38. The number of amides is 1. The number of benzene rings is 1. The van der Waals surface area contributed by atoms with E-state index < -0.39 is 11.7 Å². The second kappa shape index (κ2) is 6.07. The summed E-state index contributed by atoms with van der Waals surface area (Å²) in [5, 5.41) is 4.73. The SMILES string of the molecule is CC(C)(C)OC(=O)N/N=C\c1ccc(Cl)cc1Cl. The maximum absolute atomic E-state index is 11.3. The van der Waals surface area contributed by atoms with Crippen molar-refractivity contribution in [3.63, 3.8) is 0 Å². The monoisotopic (exact) mass is 288 g/mol. The van der Waals surface area contributed by atoms with Gasteiger partial charge in [-0.3, -0.25) is 0 Å². The van der Waals surface area contributed by atoms with Crippen LogP contribution in [0.15, 0.2) is 23.3 Å². The van der Waals surface area contributed by atoms with Crippen molar-refractivity contribution in [1.82, 2.24) is 5.43 Å². The van der Waals surface area contributed by atoms with Gasteiger partial charge in [0, 0.05) is 10.6 Å². The Hall–Kier alpha value is -1.26. The molecule has 1 amide bonds. The number of hydrogen-bond donors (Lipinski definition) is 1. The van der Waals surface area contributed by atoms with Crippen molar-refractivity contribution in [3.8, 4) is 0 Å². The highest BCUT2D eigenvalue weighted by molar-refractivity contribution is 6.36. The molecule has 1 aromatic rings. The summed E-state index contributed by atoms with van der Waals surface area (Å²) in [6, 6.07) is 4.98. The number of ether oxygens (including phenoxy) is 1. The van der Waals surface area contributed by atoms with Crippen molar-refractivity contribution in [2.75, 3.05) is 0 Å². The van der Waals surface area contributed by atoms with Crippen LogP contribution in [0.3, 0.4) is 0 Å². The van der Waals surface area contributed by atoms with E-state index in [1.54, 1.807) is 39.0 Å². The first kappa shape index (κ1) is 14.8. The molecule has 0 aliphatic rings. The van der Waals surface area contributed by atoms with Gasteiger partial charge in [0.1, 0.15) is 5.60 Å². The standard InChI is InChI=1S/C12H14Cl2N2O2/c1-12(2,3)18-11(17)16-15-7-8-4-5-9(13)6-10(8)14/h4-7H,1-3H3,(H,16,17)/b15-7-. The average molecular weight is 289 g/mol. The van der Waals surface area contributed by atoms with E-state index in [0.29, 0.717) is 15.6 Å². The summed E-state index contributed by atoms with van der Waals surface area (Å²) in [4.78, 5) is 11.3. The van der Waals surface area contributed by atoms with Gasteiger partial charge in [-0.15, -0.1) is 0 Å². The Morgan fingerprint density at radius 2 is 2.06 bits per heavy atom. The molecule has 0 aromatic heterocycles. The van der Waals surface area contributed by atoms with E-state index in [4.69, 9.17) is 27.9 Å². The Morgan fingerprint density at radius 1 is 1.39 bits per heavy atom. The Kier molecular flexibility index (Phi) is 4.99. The number of rotatable bonds is 2. The summed E-state index contributed by atoms with van der Waals surface area (Å²) < 4.78 is 5.01. The smallest absolute Gasteiger partial charge is 0.428 e. The van der Waals surface area contributed by atoms with E-state index in [9.17, 15) is 4.79 Å². The second-order valence-corrected chi connectivity index (χ2v) is 5.38. The van der Waals surface area contributed by atoms with Gasteiger partial charge in [0.25, 0.3) is 0 Å². The molecule has 1 N–H and O–H groups in total. The molecule has 0 heterocycles. The van der Waals surface area contributed by atoms with E-state index in [1.807, 2.05) is 0 Å². The van der Waals surface area contributed by atoms with Crippen LogP contribution in [0.5, 0.6) is 0 Å². The molecule has 4 nitrogen and oxygen atoms in total. The third-order valence-corrected chi connectivity index (χ3v) is 2.28. The fourth-order valence-corrected chi connectivity index (χ4v) is 1.52. The minimum absolute atomic E-state index is 0.456. The van der Waals surface area contributed by atoms with Crippen molar-refractivity contribution in [1.29, 1.82) is 0 Å². The van der Waals surface area contributed by atoms with Crippen molar-refractivity contribution in [2.45, 2.75) is 26.4 Å². The molecule has 0 fully saturated rings. The first-order chi connectivity index (χ1) is 8.28. The molecule has 98 valence electrons. The molecule has 0 unspecified atom stereocenters. The minimum atomic E-state index is -0.621. The zero-order valence-electron chi connectivity index (χ0n) is 10.3. The summed E-state index contributed by atoms with van der Waals surface area (Å²) >= 11 is 11.7. The second-order valence-electron chi connectivity index (χ2n) is 4.54. The molecule has 0 atom stereocenters. The van der Waals surface area contributed by atoms with Gasteiger partial charge in [0.15, 0.2) is 0 Å². The topological polar surface area (TPSA) is 50.7 Å². The third-order valence-electron chi connectivity index (χ3n) is 1.72. The van der Waals surface area contributed by atoms with Crippen LogP contribution in [-0.4, -0.2) is 17.9 Å². The van der Waals surface area contributed by atoms with Gasteiger partial charge in [-0.25, -0.2) is 10.2 Å². The number of halogens is 2. The predicted molar refractivity (Wildman–Crippen MR) is 73.4 cm³/mol. The number of hydrazone groups is 1. The summed E-state index contributed by atoms with van der Waals surface area (Å²) in [5.74, 6) is 0. The van der Waals surface area contributed by atoms with Crippen LogP contribution < -0.4 is 5.43 Å². The zero-order valence-corrected chi connectivity index (χ0v) is 11.8. The van der Waals surface area contributed by atoms with Crippen LogP contribution in [0, 0.1) is 0 Å². The molecule has 0 radical (unpaired) electrons. The highest BCUT2D eigenvalue weighted by Gasteiger charge is 2.15. The number of hydrogen-bond acceptors (Lipinski definition) is 3. The van der Waals surface area contributed by atoms with Crippen LogP contribution >= 0.6 is 23.2 Å². The number of nitrogens with zero attached hydrogens (tertiary/aromatic N) is 1. The fourth-order valence-electron chi connectivity index (χ4n) is 1.06. The summed E-state index contributed by atoms with van der Waals surface area (Å²) in [5.41, 5.74) is 2.34. The van der Waals surface area contributed by atoms with E-state index >= 15 is 0 Å². The van der Waals surface area contributed by atoms with Crippen LogP contribution in [-0.2, 0) is 4.74 Å². The van der Waals surface area contributed by atoms with Gasteiger partial charge in [-0.1, -0.05) is 29.3 Å². The summed E-state index contributed by atoms with van der Waals surface area (Å²) in [6.45, 7) is 5.31. The van der Waals surface area contributed by atoms with Crippen LogP contribution in [0.1, 0.15) is 26.3 Å². The first-order valence-corrected chi connectivity index (χ1v) is 6.00. The van der Waals surface area contributed by atoms with Crippen LogP contribution in [0.25, 0.3) is 0 Å². The van der Waals surface area contributed by atoms with Crippen LogP contribution in [0.4, 0.5) is 4.79 Å². The van der Waals surface area contributed by atoms with Crippen molar-refractivity contribution < 1.29 is 9.53 Å². The van der Waals surface area contributed by atoms with E-state index in [0.717, 1.165) is 0 Å². The quantitative estimate of drug-likeness (QED) is 0.664. The first-order valence-electron chi connectivity index (χ1n) is 5.25. The molecule has 0 bridgehead atoms. The molecule has 18 heavy (non-hydrogen) atoms. The van der Waals surface area contributed by atoms with Gasteiger partial charge in [0.05, 0.1) is 11.2 Å². The lowest BCUT2D eigenvalue weighted by molar-refractivity contribution is 0.0529. The molecule has 0 aliphatic heterocycles. The average Bonchev–Trinajstić information content (AvgIpc) is 2.18. The van der Waals surface area contributed by atoms with Crippen molar-refractivity contribution in [3.05, 3.63) is 33.8 Å². The Bertz CT molecular complexity index is 468. The summed E-state index contributed by atoms with van der Waals surface area (Å²) in [6.07, 6.45) is 0.798. The van der Waals surface area contributed by atoms with Gasteiger partial charge in [-0.05, 0) is 32.9 Å². The van der Waals surface area contributed by atoms with E-state index in [2.05, 4.69) is 10.5 Å². The highest BCUT2D eigenvalue weighted by Crippen LogP contribution is 2.19. The highest BCUT2D eigenvalue weighted by atomic mass is 35.5. The normalized spacial score (nSPS) is 11.6. The maximum Gasteiger partial charge on any atom is 0.428 e. The lowest BCUT2D eigenvalue weighted by atomic mass is 10.2. The Balaban J connectivity index is 2.58. The predicted octanol–water partition coefficient (Wildman–Crippen LogP) is 3.85. The molecule has 0 saturated heterocycles. The Labute approximate surface area is 116 Å². The largest absolute Gasteiger partial charge is 0.443 e. The number of nitrogens with one attached hydrogen (secondary N) is 1.